The van der Waals surface area contributed by atoms with Gasteiger partial charge in [0.2, 0.25) is 5.91 Å². The summed E-state index contributed by atoms with van der Waals surface area (Å²) in [5, 5.41) is 4.11. The molecule has 1 atom stereocenters. The number of hydrogen-bond donors (Lipinski definition) is 0. The number of hydrogen-bond acceptors (Lipinski definition) is 4. The van der Waals surface area contributed by atoms with Gasteiger partial charge in [0.1, 0.15) is 0 Å². The van der Waals surface area contributed by atoms with Crippen molar-refractivity contribution < 1.29 is 14.3 Å². The summed E-state index contributed by atoms with van der Waals surface area (Å²) in [7, 11) is 1.36. The smallest absolute Gasteiger partial charge is 0.310 e. The van der Waals surface area contributed by atoms with Crippen molar-refractivity contribution in [3.63, 3.8) is 0 Å². The topological polar surface area (TPSA) is 46.6 Å². The Morgan fingerprint density at radius 2 is 2.47 bits per heavy atom. The first-order valence-electron chi connectivity index (χ1n) is 5.57. The van der Waals surface area contributed by atoms with E-state index >= 15 is 0 Å². The molecule has 17 heavy (non-hydrogen) atoms. The summed E-state index contributed by atoms with van der Waals surface area (Å²) in [5.41, 5.74) is 1.24. The van der Waals surface area contributed by atoms with Crippen LogP contribution in [0.1, 0.15) is 12.0 Å². The Morgan fingerprint density at radius 3 is 3.12 bits per heavy atom. The molecule has 1 fully saturated rings. The molecule has 1 aromatic heterocycles. The van der Waals surface area contributed by atoms with Crippen molar-refractivity contribution in [2.75, 3.05) is 20.2 Å². The number of rotatable bonds is 4. The predicted octanol–water partition coefficient (Wildman–Crippen LogP) is 1.31. The summed E-state index contributed by atoms with van der Waals surface area (Å²) in [4.78, 5) is 24.8. The van der Waals surface area contributed by atoms with Gasteiger partial charge >= 0.3 is 5.97 Å². The van der Waals surface area contributed by atoms with E-state index in [4.69, 9.17) is 0 Å². The van der Waals surface area contributed by atoms with Crippen molar-refractivity contribution in [1.82, 2.24) is 4.90 Å². The predicted molar refractivity (Wildman–Crippen MR) is 64.7 cm³/mol. The summed E-state index contributed by atoms with van der Waals surface area (Å²) in [6.07, 6.45) is 1.14. The van der Waals surface area contributed by atoms with Crippen LogP contribution in [0.15, 0.2) is 16.8 Å². The van der Waals surface area contributed by atoms with Gasteiger partial charge in [-0.2, -0.15) is 11.3 Å². The van der Waals surface area contributed by atoms with Gasteiger partial charge in [-0.3, -0.25) is 9.59 Å². The molecule has 1 unspecified atom stereocenters. The first-order chi connectivity index (χ1) is 8.20. The van der Waals surface area contributed by atoms with Crippen LogP contribution in [0.4, 0.5) is 0 Å². The van der Waals surface area contributed by atoms with Crippen molar-refractivity contribution in [1.29, 1.82) is 0 Å². The van der Waals surface area contributed by atoms with E-state index in [9.17, 15) is 9.59 Å². The molecule has 2 rings (SSSR count). The van der Waals surface area contributed by atoms with E-state index in [1.165, 1.54) is 12.7 Å². The molecule has 2 heterocycles. The number of carbonyl (C=O) groups is 2. The Bertz CT molecular complexity index is 402. The highest BCUT2D eigenvalue weighted by molar-refractivity contribution is 7.07. The normalized spacial score (nSPS) is 19.7. The van der Waals surface area contributed by atoms with Crippen molar-refractivity contribution in [3.05, 3.63) is 22.4 Å². The first kappa shape index (κ1) is 12.1. The molecule has 0 spiro atoms. The minimum Gasteiger partial charge on any atom is -0.469 e. The lowest BCUT2D eigenvalue weighted by molar-refractivity contribution is -0.145. The summed E-state index contributed by atoms with van der Waals surface area (Å²) >= 11 is 1.65. The van der Waals surface area contributed by atoms with Gasteiger partial charge in [0.15, 0.2) is 0 Å². The van der Waals surface area contributed by atoms with Crippen molar-refractivity contribution in [2.45, 2.75) is 12.8 Å². The number of nitrogens with zero attached hydrogens (tertiary/aromatic N) is 1. The molecule has 1 aliphatic rings. The standard InChI is InChI=1S/C12H15NO3S/c1-16-12(15)10-6-11(14)13(7-10)4-2-9-3-5-17-8-9/h3,5,8,10H,2,4,6-7H2,1H3. The third-order valence-corrected chi connectivity index (χ3v) is 3.73. The van der Waals surface area contributed by atoms with Gasteiger partial charge in [-0.25, -0.2) is 0 Å². The van der Waals surface area contributed by atoms with E-state index in [0.29, 0.717) is 13.1 Å². The van der Waals surface area contributed by atoms with Gasteiger partial charge in [-0.1, -0.05) is 0 Å². The number of thiophene rings is 1. The van der Waals surface area contributed by atoms with Gasteiger partial charge in [0.25, 0.3) is 0 Å². The van der Waals surface area contributed by atoms with Gasteiger partial charge in [0.05, 0.1) is 13.0 Å². The molecule has 0 aromatic carbocycles. The molecular weight excluding hydrogens is 238 g/mol. The van der Waals surface area contributed by atoms with Gasteiger partial charge in [-0.05, 0) is 28.8 Å². The summed E-state index contributed by atoms with van der Waals surface area (Å²) in [5.74, 6) is -0.512. The maximum absolute atomic E-state index is 11.7. The van der Waals surface area contributed by atoms with Crippen LogP contribution in [0, 0.1) is 5.92 Å². The Labute approximate surface area is 104 Å². The van der Waals surface area contributed by atoms with Crippen molar-refractivity contribution >= 4 is 23.2 Å². The lowest BCUT2D eigenvalue weighted by Gasteiger charge is -2.15. The Morgan fingerprint density at radius 1 is 1.65 bits per heavy atom. The largest absolute Gasteiger partial charge is 0.469 e. The van der Waals surface area contributed by atoms with E-state index in [2.05, 4.69) is 16.2 Å². The summed E-state index contributed by atoms with van der Waals surface area (Å²) < 4.78 is 4.67. The zero-order valence-corrected chi connectivity index (χ0v) is 10.5. The van der Waals surface area contributed by atoms with Crippen LogP contribution < -0.4 is 0 Å². The number of carbonyl (C=O) groups excluding carboxylic acids is 2. The van der Waals surface area contributed by atoms with Crippen LogP contribution in [0.3, 0.4) is 0 Å². The zero-order valence-electron chi connectivity index (χ0n) is 9.72. The Hall–Kier alpha value is -1.36. The van der Waals surface area contributed by atoms with E-state index < -0.39 is 0 Å². The third kappa shape index (κ3) is 2.85. The van der Waals surface area contributed by atoms with E-state index in [1.807, 2.05) is 5.38 Å². The Kier molecular flexibility index (Phi) is 3.78. The molecule has 1 aromatic rings. The van der Waals surface area contributed by atoms with Gasteiger partial charge in [-0.15, -0.1) is 0 Å². The van der Waals surface area contributed by atoms with Crippen LogP contribution in [-0.4, -0.2) is 37.0 Å². The SMILES string of the molecule is COC(=O)C1CC(=O)N(CCc2ccsc2)C1. The van der Waals surface area contributed by atoms with Crippen molar-refractivity contribution in [2.24, 2.45) is 5.92 Å². The molecule has 0 bridgehead atoms. The molecule has 92 valence electrons. The molecule has 0 N–H and O–H groups in total. The minimum atomic E-state index is -0.282. The maximum Gasteiger partial charge on any atom is 0.310 e. The molecule has 4 nitrogen and oxygen atoms in total. The van der Waals surface area contributed by atoms with E-state index in [-0.39, 0.29) is 24.2 Å². The number of methoxy groups -OCH3 is 1. The molecule has 5 heteroatoms. The highest BCUT2D eigenvalue weighted by Crippen LogP contribution is 2.19. The number of likely N-dealkylation sites (tertiary alicyclic amines) is 1. The van der Waals surface area contributed by atoms with Crippen LogP contribution in [0.5, 0.6) is 0 Å². The molecular formula is C12H15NO3S. The monoisotopic (exact) mass is 253 g/mol. The number of ether oxygens (including phenoxy) is 1. The van der Waals surface area contributed by atoms with E-state index in [0.717, 1.165) is 6.42 Å². The molecule has 0 aliphatic carbocycles. The minimum absolute atomic E-state index is 0.0515. The fourth-order valence-corrected chi connectivity index (χ4v) is 2.71. The summed E-state index contributed by atoms with van der Waals surface area (Å²) in [6, 6.07) is 2.06. The lowest BCUT2D eigenvalue weighted by atomic mass is 10.1. The van der Waals surface area contributed by atoms with Crippen LogP contribution in [0.25, 0.3) is 0 Å². The average Bonchev–Trinajstić information content (AvgIpc) is 2.95. The molecule has 1 amide bonds. The zero-order chi connectivity index (χ0) is 12.3. The number of esters is 1. The second kappa shape index (κ2) is 5.31. The Balaban J connectivity index is 1.86. The molecule has 1 saturated heterocycles. The second-order valence-electron chi connectivity index (χ2n) is 4.15. The maximum atomic E-state index is 11.7. The molecule has 0 radical (unpaired) electrons. The number of amides is 1. The average molecular weight is 253 g/mol. The highest BCUT2D eigenvalue weighted by Gasteiger charge is 2.34. The summed E-state index contributed by atoms with van der Waals surface area (Å²) in [6.45, 7) is 1.18. The van der Waals surface area contributed by atoms with Crippen molar-refractivity contribution in [3.8, 4) is 0 Å². The fourth-order valence-electron chi connectivity index (χ4n) is 2.01. The molecule has 1 aliphatic heterocycles. The molecule has 0 saturated carbocycles. The first-order valence-corrected chi connectivity index (χ1v) is 6.51. The quantitative estimate of drug-likeness (QED) is 0.760. The van der Waals surface area contributed by atoms with Gasteiger partial charge < -0.3 is 9.64 Å². The highest BCUT2D eigenvalue weighted by atomic mass is 32.1. The lowest BCUT2D eigenvalue weighted by Crippen LogP contribution is -2.28. The van der Waals surface area contributed by atoms with Crippen LogP contribution in [0.2, 0.25) is 0 Å². The second-order valence-corrected chi connectivity index (χ2v) is 4.93. The third-order valence-electron chi connectivity index (χ3n) is 3.00. The van der Waals surface area contributed by atoms with E-state index in [1.54, 1.807) is 16.2 Å². The van der Waals surface area contributed by atoms with Gasteiger partial charge in [0, 0.05) is 19.5 Å². The fraction of sp³-hybridized carbons (Fsp3) is 0.500. The van der Waals surface area contributed by atoms with Crippen LogP contribution >= 0.6 is 11.3 Å². The van der Waals surface area contributed by atoms with Crippen LogP contribution in [-0.2, 0) is 20.7 Å².